The van der Waals surface area contributed by atoms with E-state index in [9.17, 15) is 0 Å². The third-order valence-electron chi connectivity index (χ3n) is 5.41. The SMILES string of the molecule is CCc1ncc(CN2CCC(N3CCN(CC)CC3)CC2)cn1. The minimum Gasteiger partial charge on any atom is -0.301 e. The summed E-state index contributed by atoms with van der Waals surface area (Å²) in [5.74, 6) is 0.943. The summed E-state index contributed by atoms with van der Waals surface area (Å²) in [4.78, 5) is 16.7. The molecule has 5 heteroatoms. The molecule has 23 heavy (non-hydrogen) atoms. The van der Waals surface area contributed by atoms with Crippen molar-refractivity contribution >= 4 is 0 Å². The molecule has 0 amide bonds. The number of likely N-dealkylation sites (N-methyl/N-ethyl adjacent to an activating group) is 1. The molecule has 0 N–H and O–H groups in total. The lowest BCUT2D eigenvalue weighted by Crippen LogP contribution is -2.52. The van der Waals surface area contributed by atoms with E-state index in [2.05, 4.69) is 38.5 Å². The van der Waals surface area contributed by atoms with Crippen molar-refractivity contribution in [1.82, 2.24) is 24.7 Å². The maximum atomic E-state index is 4.42. The molecular formula is C18H31N5. The standard InChI is InChI=1S/C18H31N5/c1-3-18-19-13-16(14-20-18)15-22-7-5-17(6-8-22)23-11-9-21(4-2)10-12-23/h13-14,17H,3-12,15H2,1-2H3. The summed E-state index contributed by atoms with van der Waals surface area (Å²) in [5, 5.41) is 0. The van der Waals surface area contributed by atoms with Crippen molar-refractivity contribution in [3.05, 3.63) is 23.8 Å². The molecule has 1 aromatic rings. The normalized spacial score (nSPS) is 22.5. The van der Waals surface area contributed by atoms with Crippen molar-refractivity contribution in [1.29, 1.82) is 0 Å². The van der Waals surface area contributed by atoms with Crippen LogP contribution in [0.1, 0.15) is 38.1 Å². The van der Waals surface area contributed by atoms with Gasteiger partial charge in [-0.1, -0.05) is 13.8 Å². The number of nitrogens with zero attached hydrogens (tertiary/aromatic N) is 5. The minimum atomic E-state index is 0.795. The number of hydrogen-bond donors (Lipinski definition) is 0. The lowest BCUT2D eigenvalue weighted by atomic mass is 10.0. The molecule has 0 saturated carbocycles. The Balaban J connectivity index is 1.43. The lowest BCUT2D eigenvalue weighted by Gasteiger charge is -2.42. The number of piperidine rings is 1. The Hall–Kier alpha value is -1.04. The van der Waals surface area contributed by atoms with E-state index in [-0.39, 0.29) is 0 Å². The van der Waals surface area contributed by atoms with Gasteiger partial charge in [0.1, 0.15) is 5.82 Å². The number of rotatable bonds is 5. The topological polar surface area (TPSA) is 35.5 Å². The van der Waals surface area contributed by atoms with Crippen molar-refractivity contribution in [2.45, 2.75) is 45.7 Å². The van der Waals surface area contributed by atoms with Crippen LogP contribution in [0.2, 0.25) is 0 Å². The van der Waals surface area contributed by atoms with Gasteiger partial charge in [0.2, 0.25) is 0 Å². The number of hydrogen-bond acceptors (Lipinski definition) is 5. The average molecular weight is 317 g/mol. The Morgan fingerprint density at radius 2 is 1.57 bits per heavy atom. The zero-order chi connectivity index (χ0) is 16.1. The first-order valence-corrected chi connectivity index (χ1v) is 9.27. The van der Waals surface area contributed by atoms with E-state index < -0.39 is 0 Å². The molecule has 0 bridgehead atoms. The van der Waals surface area contributed by atoms with Gasteiger partial charge in [-0.05, 0) is 32.5 Å². The monoisotopic (exact) mass is 317 g/mol. The first-order valence-electron chi connectivity index (χ1n) is 9.27. The largest absolute Gasteiger partial charge is 0.301 e. The predicted molar refractivity (Wildman–Crippen MR) is 93.4 cm³/mol. The smallest absolute Gasteiger partial charge is 0.127 e. The van der Waals surface area contributed by atoms with Crippen molar-refractivity contribution in [3.63, 3.8) is 0 Å². The molecule has 3 rings (SSSR count). The summed E-state index contributed by atoms with van der Waals surface area (Å²) in [6, 6.07) is 0.795. The first kappa shape index (κ1) is 16.8. The van der Waals surface area contributed by atoms with E-state index in [1.165, 1.54) is 64.2 Å². The number of likely N-dealkylation sites (tertiary alicyclic amines) is 1. The van der Waals surface area contributed by atoms with E-state index in [0.717, 1.165) is 24.8 Å². The van der Waals surface area contributed by atoms with Gasteiger partial charge >= 0.3 is 0 Å². The second kappa shape index (κ2) is 8.18. The van der Waals surface area contributed by atoms with Crippen molar-refractivity contribution in [2.75, 3.05) is 45.8 Å². The van der Waals surface area contributed by atoms with E-state index >= 15 is 0 Å². The third-order valence-corrected chi connectivity index (χ3v) is 5.41. The second-order valence-corrected chi connectivity index (χ2v) is 6.84. The molecule has 1 aromatic heterocycles. The molecule has 0 aliphatic carbocycles. The minimum absolute atomic E-state index is 0.795. The van der Waals surface area contributed by atoms with Crippen molar-refractivity contribution in [3.8, 4) is 0 Å². The highest BCUT2D eigenvalue weighted by Gasteiger charge is 2.27. The van der Waals surface area contributed by atoms with Crippen LogP contribution in [0.4, 0.5) is 0 Å². The van der Waals surface area contributed by atoms with Crippen molar-refractivity contribution < 1.29 is 0 Å². The summed E-state index contributed by atoms with van der Waals surface area (Å²) in [5.41, 5.74) is 1.25. The fourth-order valence-corrected chi connectivity index (χ4v) is 3.79. The highest BCUT2D eigenvalue weighted by atomic mass is 15.3. The van der Waals surface area contributed by atoms with Crippen LogP contribution in [-0.4, -0.2) is 76.5 Å². The van der Waals surface area contributed by atoms with Crippen LogP contribution in [-0.2, 0) is 13.0 Å². The average Bonchev–Trinajstić information content (AvgIpc) is 2.63. The molecule has 2 aliphatic rings. The fraction of sp³-hybridized carbons (Fsp3) is 0.778. The summed E-state index contributed by atoms with van der Waals surface area (Å²) < 4.78 is 0. The molecule has 3 heterocycles. The Labute approximate surface area is 140 Å². The van der Waals surface area contributed by atoms with Gasteiger partial charge in [0.15, 0.2) is 0 Å². The first-order chi connectivity index (χ1) is 11.3. The quantitative estimate of drug-likeness (QED) is 0.825. The zero-order valence-corrected chi connectivity index (χ0v) is 14.7. The molecule has 0 spiro atoms. The van der Waals surface area contributed by atoms with Crippen LogP contribution >= 0.6 is 0 Å². The van der Waals surface area contributed by atoms with Crippen LogP contribution in [0.3, 0.4) is 0 Å². The second-order valence-electron chi connectivity index (χ2n) is 6.84. The highest BCUT2D eigenvalue weighted by molar-refractivity contribution is 5.05. The summed E-state index contributed by atoms with van der Waals surface area (Å²) in [6.45, 7) is 14.0. The molecule has 0 atom stereocenters. The van der Waals surface area contributed by atoms with Crippen LogP contribution in [0.25, 0.3) is 0 Å². The van der Waals surface area contributed by atoms with Gasteiger partial charge in [-0.15, -0.1) is 0 Å². The Bertz CT molecular complexity index is 459. The fourth-order valence-electron chi connectivity index (χ4n) is 3.79. The van der Waals surface area contributed by atoms with Gasteiger partial charge in [0.05, 0.1) is 0 Å². The molecular weight excluding hydrogens is 286 g/mol. The summed E-state index contributed by atoms with van der Waals surface area (Å²) >= 11 is 0. The lowest BCUT2D eigenvalue weighted by molar-refractivity contribution is 0.0593. The van der Waals surface area contributed by atoms with E-state index in [1.807, 2.05) is 12.4 Å². The van der Waals surface area contributed by atoms with Gasteiger partial charge in [0, 0.05) is 63.1 Å². The van der Waals surface area contributed by atoms with E-state index in [0.29, 0.717) is 0 Å². The van der Waals surface area contributed by atoms with Crippen LogP contribution in [0, 0.1) is 0 Å². The van der Waals surface area contributed by atoms with Crippen molar-refractivity contribution in [2.24, 2.45) is 0 Å². The number of piperazine rings is 1. The van der Waals surface area contributed by atoms with Crippen LogP contribution < -0.4 is 0 Å². The van der Waals surface area contributed by atoms with Crippen LogP contribution in [0.5, 0.6) is 0 Å². The summed E-state index contributed by atoms with van der Waals surface area (Å²) in [6.07, 6.45) is 7.53. The molecule has 2 fully saturated rings. The van der Waals surface area contributed by atoms with Gasteiger partial charge in [0.25, 0.3) is 0 Å². The summed E-state index contributed by atoms with van der Waals surface area (Å²) in [7, 11) is 0. The Morgan fingerprint density at radius 1 is 0.913 bits per heavy atom. The predicted octanol–water partition coefficient (Wildman–Crippen LogP) is 1.64. The number of aryl methyl sites for hydroxylation is 1. The Morgan fingerprint density at radius 3 is 2.13 bits per heavy atom. The molecule has 5 nitrogen and oxygen atoms in total. The maximum Gasteiger partial charge on any atom is 0.127 e. The molecule has 2 saturated heterocycles. The highest BCUT2D eigenvalue weighted by Crippen LogP contribution is 2.19. The van der Waals surface area contributed by atoms with Gasteiger partial charge in [-0.25, -0.2) is 9.97 Å². The van der Waals surface area contributed by atoms with Gasteiger partial charge in [-0.2, -0.15) is 0 Å². The molecule has 128 valence electrons. The molecule has 0 aromatic carbocycles. The van der Waals surface area contributed by atoms with Crippen LogP contribution in [0.15, 0.2) is 12.4 Å². The molecule has 0 unspecified atom stereocenters. The van der Waals surface area contributed by atoms with Gasteiger partial charge in [-0.3, -0.25) is 9.80 Å². The third kappa shape index (κ3) is 4.49. The van der Waals surface area contributed by atoms with E-state index in [4.69, 9.17) is 0 Å². The zero-order valence-electron chi connectivity index (χ0n) is 14.7. The number of aromatic nitrogens is 2. The Kier molecular flexibility index (Phi) is 5.97. The molecule has 2 aliphatic heterocycles. The van der Waals surface area contributed by atoms with Gasteiger partial charge < -0.3 is 4.90 Å². The molecule has 0 radical (unpaired) electrons. The van der Waals surface area contributed by atoms with E-state index in [1.54, 1.807) is 0 Å². The maximum absolute atomic E-state index is 4.42.